The van der Waals surface area contributed by atoms with Crippen LogP contribution in [0.1, 0.15) is 0 Å². The van der Waals surface area contributed by atoms with Gasteiger partial charge in [-0.1, -0.05) is 0 Å². The number of hydrogen-bond donors (Lipinski definition) is 1. The maximum atomic E-state index is 4.98. The summed E-state index contributed by atoms with van der Waals surface area (Å²) in [6.45, 7) is 0. The molecule has 62 valence electrons. The molecule has 0 aliphatic carbocycles. The number of hydrogen-bond acceptors (Lipinski definition) is 4. The van der Waals surface area contributed by atoms with Crippen LogP contribution in [-0.4, -0.2) is 14.8 Å². The van der Waals surface area contributed by atoms with Gasteiger partial charge in [0.15, 0.2) is 5.82 Å². The number of anilines is 2. The van der Waals surface area contributed by atoms with Crippen molar-refractivity contribution >= 4 is 11.8 Å². The molecule has 2 heterocycles. The van der Waals surface area contributed by atoms with Crippen molar-refractivity contribution in [2.45, 2.75) is 0 Å². The fourth-order valence-electron chi connectivity index (χ4n) is 0.876. The summed E-state index contributed by atoms with van der Waals surface area (Å²) < 4.78 is 6.67. The van der Waals surface area contributed by atoms with Gasteiger partial charge < -0.3 is 4.42 Å². The second-order valence-corrected chi connectivity index (χ2v) is 2.34. The summed E-state index contributed by atoms with van der Waals surface area (Å²) in [6, 6.07) is 2.29. The van der Waals surface area contributed by atoms with E-state index in [9.17, 15) is 0 Å². The van der Waals surface area contributed by atoms with Gasteiger partial charge >= 0.3 is 0 Å². The molecule has 0 radical (unpaired) electrons. The van der Waals surface area contributed by atoms with Gasteiger partial charge in [0.25, 0.3) is 6.01 Å². The summed E-state index contributed by atoms with van der Waals surface area (Å²) in [7, 11) is 1.85. The summed E-state index contributed by atoms with van der Waals surface area (Å²) in [4.78, 5) is 3.89. The van der Waals surface area contributed by atoms with Crippen molar-refractivity contribution in [3.8, 4) is 0 Å². The van der Waals surface area contributed by atoms with E-state index in [0.29, 0.717) is 6.01 Å². The van der Waals surface area contributed by atoms with E-state index in [4.69, 9.17) is 4.42 Å². The van der Waals surface area contributed by atoms with Crippen LogP contribution in [0.4, 0.5) is 11.8 Å². The Morgan fingerprint density at radius 3 is 3.08 bits per heavy atom. The van der Waals surface area contributed by atoms with Crippen molar-refractivity contribution in [3.05, 3.63) is 24.7 Å². The minimum atomic E-state index is 0.453. The Morgan fingerprint density at radius 2 is 2.50 bits per heavy atom. The third kappa shape index (κ3) is 1.29. The molecule has 0 saturated carbocycles. The molecule has 1 N–H and O–H groups in total. The molecule has 5 heteroatoms. The van der Waals surface area contributed by atoms with Gasteiger partial charge in [-0.2, -0.15) is 5.10 Å². The molecule has 0 bridgehead atoms. The van der Waals surface area contributed by atoms with E-state index in [2.05, 4.69) is 15.4 Å². The van der Waals surface area contributed by atoms with Gasteiger partial charge in [-0.3, -0.25) is 10.00 Å². The quantitative estimate of drug-likeness (QED) is 0.723. The van der Waals surface area contributed by atoms with E-state index in [1.54, 1.807) is 10.9 Å². The van der Waals surface area contributed by atoms with Crippen molar-refractivity contribution < 1.29 is 4.42 Å². The Labute approximate surface area is 69.0 Å². The summed E-state index contributed by atoms with van der Waals surface area (Å²) in [6.07, 6.45) is 4.92. The zero-order valence-electron chi connectivity index (χ0n) is 6.56. The summed E-state index contributed by atoms with van der Waals surface area (Å²) in [5.41, 5.74) is 0. The number of rotatable bonds is 2. The third-order valence-electron chi connectivity index (χ3n) is 1.38. The fraction of sp³-hybridized carbons (Fsp3) is 0.143. The standard InChI is InChI=1S/C7H8N4O/c1-11-4-2-6(10-11)9-7-8-3-5-12-7/h2-5H,1H3,(H,8,9,10). The molecule has 0 saturated heterocycles. The van der Waals surface area contributed by atoms with Crippen LogP contribution < -0.4 is 5.32 Å². The highest BCUT2D eigenvalue weighted by molar-refractivity contribution is 5.44. The average Bonchev–Trinajstić information content (AvgIpc) is 2.63. The molecule has 12 heavy (non-hydrogen) atoms. The highest BCUT2D eigenvalue weighted by atomic mass is 16.4. The Bertz CT molecular complexity index is 351. The lowest BCUT2D eigenvalue weighted by atomic mass is 10.6. The molecule has 0 spiro atoms. The second-order valence-electron chi connectivity index (χ2n) is 2.34. The molecule has 0 aliphatic heterocycles. The molecule has 5 nitrogen and oxygen atoms in total. The van der Waals surface area contributed by atoms with Crippen LogP contribution in [0.2, 0.25) is 0 Å². The van der Waals surface area contributed by atoms with E-state index in [0.717, 1.165) is 5.82 Å². The first-order chi connectivity index (χ1) is 5.84. The molecule has 2 aromatic rings. The Morgan fingerprint density at radius 1 is 1.58 bits per heavy atom. The number of nitrogens with one attached hydrogen (secondary N) is 1. The van der Waals surface area contributed by atoms with Gasteiger partial charge in [-0.15, -0.1) is 0 Å². The first-order valence-electron chi connectivity index (χ1n) is 3.51. The molecule has 0 atom stereocenters. The van der Waals surface area contributed by atoms with Crippen LogP contribution in [0.3, 0.4) is 0 Å². The maximum Gasteiger partial charge on any atom is 0.300 e. The van der Waals surface area contributed by atoms with Crippen LogP contribution in [0.25, 0.3) is 0 Å². The van der Waals surface area contributed by atoms with E-state index in [1.807, 2.05) is 19.3 Å². The number of oxazole rings is 1. The number of aryl methyl sites for hydroxylation is 1. The summed E-state index contributed by atoms with van der Waals surface area (Å²) in [5.74, 6) is 0.722. The Kier molecular flexibility index (Phi) is 1.55. The molecule has 0 aliphatic rings. The molecule has 0 unspecified atom stereocenters. The second kappa shape index (κ2) is 2.69. The van der Waals surface area contributed by atoms with Crippen molar-refractivity contribution in [2.75, 3.05) is 5.32 Å². The SMILES string of the molecule is Cn1ccc(Nc2ncco2)n1. The highest BCUT2D eigenvalue weighted by Crippen LogP contribution is 2.10. The van der Waals surface area contributed by atoms with Crippen LogP contribution in [0, 0.1) is 0 Å². The van der Waals surface area contributed by atoms with Crippen molar-refractivity contribution in [1.82, 2.24) is 14.8 Å². The normalized spacial score (nSPS) is 10.1. The lowest BCUT2D eigenvalue weighted by Crippen LogP contribution is -1.93. The summed E-state index contributed by atoms with van der Waals surface area (Å²) in [5, 5.41) is 6.99. The van der Waals surface area contributed by atoms with Gasteiger partial charge in [0.1, 0.15) is 6.26 Å². The minimum Gasteiger partial charge on any atom is -0.432 e. The summed E-state index contributed by atoms with van der Waals surface area (Å²) >= 11 is 0. The van der Waals surface area contributed by atoms with Gasteiger partial charge in [0, 0.05) is 19.3 Å². The zero-order valence-corrected chi connectivity index (χ0v) is 6.56. The molecular formula is C7H8N4O. The number of aromatic nitrogens is 3. The highest BCUT2D eigenvalue weighted by Gasteiger charge is 1.99. The number of nitrogens with zero attached hydrogens (tertiary/aromatic N) is 3. The Balaban J connectivity index is 2.14. The van der Waals surface area contributed by atoms with Gasteiger partial charge in [-0.25, -0.2) is 4.98 Å². The first kappa shape index (κ1) is 6.90. The third-order valence-corrected chi connectivity index (χ3v) is 1.38. The van der Waals surface area contributed by atoms with Crippen LogP contribution in [0.15, 0.2) is 29.1 Å². The topological polar surface area (TPSA) is 55.9 Å². The lowest BCUT2D eigenvalue weighted by molar-refractivity contribution is 0.577. The fourth-order valence-corrected chi connectivity index (χ4v) is 0.876. The molecule has 0 fully saturated rings. The predicted molar refractivity (Wildman–Crippen MR) is 43.0 cm³/mol. The predicted octanol–water partition coefficient (Wildman–Crippen LogP) is 1.15. The van der Waals surface area contributed by atoms with Crippen LogP contribution in [-0.2, 0) is 7.05 Å². The maximum absolute atomic E-state index is 4.98. The first-order valence-corrected chi connectivity index (χ1v) is 3.51. The van der Waals surface area contributed by atoms with Crippen LogP contribution in [0.5, 0.6) is 0 Å². The van der Waals surface area contributed by atoms with Gasteiger partial charge in [0.05, 0.1) is 6.20 Å². The van der Waals surface area contributed by atoms with Crippen molar-refractivity contribution in [1.29, 1.82) is 0 Å². The van der Waals surface area contributed by atoms with Crippen LogP contribution >= 0.6 is 0 Å². The molecule has 0 aromatic carbocycles. The average molecular weight is 164 g/mol. The van der Waals surface area contributed by atoms with Gasteiger partial charge in [0.2, 0.25) is 0 Å². The molecule has 0 amide bonds. The zero-order chi connectivity index (χ0) is 8.39. The molecular weight excluding hydrogens is 156 g/mol. The smallest absolute Gasteiger partial charge is 0.300 e. The van der Waals surface area contributed by atoms with E-state index >= 15 is 0 Å². The monoisotopic (exact) mass is 164 g/mol. The molecule has 2 rings (SSSR count). The minimum absolute atomic E-state index is 0.453. The van der Waals surface area contributed by atoms with Crippen molar-refractivity contribution in [3.63, 3.8) is 0 Å². The lowest BCUT2D eigenvalue weighted by Gasteiger charge is -1.93. The Hall–Kier alpha value is -1.78. The molecule has 2 aromatic heterocycles. The van der Waals surface area contributed by atoms with E-state index < -0.39 is 0 Å². The van der Waals surface area contributed by atoms with E-state index in [-0.39, 0.29) is 0 Å². The van der Waals surface area contributed by atoms with Gasteiger partial charge in [-0.05, 0) is 0 Å². The van der Waals surface area contributed by atoms with E-state index in [1.165, 1.54) is 6.26 Å². The van der Waals surface area contributed by atoms with Crippen molar-refractivity contribution in [2.24, 2.45) is 7.05 Å². The largest absolute Gasteiger partial charge is 0.432 e.